The van der Waals surface area contributed by atoms with E-state index in [2.05, 4.69) is 0 Å². The highest BCUT2D eigenvalue weighted by Gasteiger charge is 2.34. The normalized spacial score (nSPS) is 12.1. The van der Waals surface area contributed by atoms with Gasteiger partial charge in [0.2, 0.25) is 0 Å². The number of aromatic hydroxyl groups is 1. The Morgan fingerprint density at radius 3 is 2.09 bits per heavy atom. The highest BCUT2D eigenvalue weighted by atomic mass is 35.5. The second kappa shape index (κ2) is 6.48. The SMILES string of the molecule is CC(C)P(=O)(c1ccccc1-c1ccc(Cl)cc1O)C(C)C. The van der Waals surface area contributed by atoms with E-state index in [1.807, 2.05) is 52.0 Å². The van der Waals surface area contributed by atoms with Crippen LogP contribution in [0.1, 0.15) is 27.7 Å². The Labute approximate surface area is 137 Å². The summed E-state index contributed by atoms with van der Waals surface area (Å²) in [5, 5.41) is 11.6. The van der Waals surface area contributed by atoms with Crippen molar-refractivity contribution in [3.05, 3.63) is 47.5 Å². The summed E-state index contributed by atoms with van der Waals surface area (Å²) in [4.78, 5) is 0. The van der Waals surface area contributed by atoms with Crippen molar-refractivity contribution in [2.45, 2.75) is 39.0 Å². The largest absolute Gasteiger partial charge is 0.507 e. The number of rotatable bonds is 4. The fraction of sp³-hybridized carbons (Fsp3) is 0.333. The van der Waals surface area contributed by atoms with Gasteiger partial charge in [0, 0.05) is 27.2 Å². The van der Waals surface area contributed by atoms with Gasteiger partial charge in [-0.05, 0) is 23.8 Å². The summed E-state index contributed by atoms with van der Waals surface area (Å²) in [6.45, 7) is 8.00. The molecule has 0 radical (unpaired) electrons. The number of hydrogen-bond donors (Lipinski definition) is 1. The number of halogens is 1. The smallest absolute Gasteiger partial charge is 0.124 e. The van der Waals surface area contributed by atoms with Gasteiger partial charge in [0.05, 0.1) is 0 Å². The lowest BCUT2D eigenvalue weighted by molar-refractivity contribution is 0.477. The molecule has 2 aromatic carbocycles. The lowest BCUT2D eigenvalue weighted by Gasteiger charge is -2.28. The van der Waals surface area contributed by atoms with Crippen LogP contribution in [0.25, 0.3) is 11.1 Å². The van der Waals surface area contributed by atoms with Crippen LogP contribution in [0.2, 0.25) is 5.02 Å². The van der Waals surface area contributed by atoms with Crippen molar-refractivity contribution in [1.82, 2.24) is 0 Å². The molecule has 0 atom stereocenters. The molecule has 0 spiro atoms. The second-order valence-electron chi connectivity index (χ2n) is 6.08. The first-order valence-electron chi connectivity index (χ1n) is 7.46. The van der Waals surface area contributed by atoms with Gasteiger partial charge in [-0.1, -0.05) is 63.6 Å². The van der Waals surface area contributed by atoms with Gasteiger partial charge in [-0.3, -0.25) is 0 Å². The fourth-order valence-corrected chi connectivity index (χ4v) is 6.25. The van der Waals surface area contributed by atoms with Crippen LogP contribution in [0.3, 0.4) is 0 Å². The first-order valence-corrected chi connectivity index (χ1v) is 9.68. The third-order valence-corrected chi connectivity index (χ3v) is 8.51. The highest BCUT2D eigenvalue weighted by Crippen LogP contribution is 2.55. The molecule has 2 nitrogen and oxygen atoms in total. The second-order valence-corrected chi connectivity index (χ2v) is 10.5. The topological polar surface area (TPSA) is 37.3 Å². The molecule has 0 aliphatic rings. The van der Waals surface area contributed by atoms with Gasteiger partial charge in [0.1, 0.15) is 12.9 Å². The minimum absolute atomic E-state index is 0.0445. The van der Waals surface area contributed by atoms with Crippen LogP contribution in [0.5, 0.6) is 5.75 Å². The first-order chi connectivity index (χ1) is 10.3. The molecular weight excluding hydrogens is 315 g/mol. The molecule has 0 heterocycles. The quantitative estimate of drug-likeness (QED) is 0.746. The maximum atomic E-state index is 13.7. The van der Waals surface area contributed by atoms with Crippen LogP contribution in [0, 0.1) is 0 Å². The van der Waals surface area contributed by atoms with Gasteiger partial charge >= 0.3 is 0 Å². The van der Waals surface area contributed by atoms with Crippen molar-refractivity contribution in [1.29, 1.82) is 0 Å². The Morgan fingerprint density at radius 1 is 0.955 bits per heavy atom. The van der Waals surface area contributed by atoms with Crippen LogP contribution in [0.15, 0.2) is 42.5 Å². The molecule has 4 heteroatoms. The van der Waals surface area contributed by atoms with Gasteiger partial charge in [0.25, 0.3) is 0 Å². The third kappa shape index (κ3) is 2.95. The van der Waals surface area contributed by atoms with E-state index in [1.54, 1.807) is 12.1 Å². The highest BCUT2D eigenvalue weighted by molar-refractivity contribution is 7.73. The van der Waals surface area contributed by atoms with Gasteiger partial charge < -0.3 is 9.67 Å². The molecule has 0 saturated carbocycles. The predicted octanol–water partition coefficient (Wildman–Crippen LogP) is 5.52. The number of benzene rings is 2. The molecule has 0 saturated heterocycles. The van der Waals surface area contributed by atoms with Crippen molar-refractivity contribution in [3.63, 3.8) is 0 Å². The monoisotopic (exact) mass is 336 g/mol. The summed E-state index contributed by atoms with van der Waals surface area (Å²) < 4.78 is 13.7. The number of hydrogen-bond acceptors (Lipinski definition) is 2. The summed E-state index contributed by atoms with van der Waals surface area (Å²) in [6, 6.07) is 12.7. The molecule has 2 rings (SSSR count). The summed E-state index contributed by atoms with van der Waals surface area (Å²) >= 11 is 5.92. The third-order valence-electron chi connectivity index (χ3n) is 4.06. The molecule has 0 aliphatic heterocycles. The number of phenols is 1. The molecule has 0 unspecified atom stereocenters. The summed E-state index contributed by atoms with van der Waals surface area (Å²) in [6.07, 6.45) is 0. The standard InChI is InChI=1S/C18H22ClO2P/c1-12(2)22(21,13(3)4)18-8-6-5-7-16(18)15-10-9-14(19)11-17(15)20/h5-13,20H,1-4H3. The molecular formula is C18H22ClO2P. The molecule has 0 fully saturated rings. The molecule has 1 N–H and O–H groups in total. The van der Waals surface area contributed by atoms with E-state index in [-0.39, 0.29) is 17.1 Å². The van der Waals surface area contributed by atoms with Gasteiger partial charge in [-0.25, -0.2) is 0 Å². The molecule has 2 aromatic rings. The van der Waals surface area contributed by atoms with E-state index in [9.17, 15) is 9.67 Å². The van der Waals surface area contributed by atoms with E-state index in [0.29, 0.717) is 10.6 Å². The van der Waals surface area contributed by atoms with Crippen molar-refractivity contribution in [2.75, 3.05) is 0 Å². The first kappa shape index (κ1) is 17.1. The zero-order valence-corrected chi connectivity index (χ0v) is 15.0. The molecule has 118 valence electrons. The predicted molar refractivity (Wildman–Crippen MR) is 96.1 cm³/mol. The molecule has 0 amide bonds. The van der Waals surface area contributed by atoms with Crippen molar-refractivity contribution in [2.24, 2.45) is 0 Å². The Hall–Kier alpha value is -1.24. The average molecular weight is 337 g/mol. The van der Waals surface area contributed by atoms with Crippen molar-refractivity contribution >= 4 is 24.0 Å². The van der Waals surface area contributed by atoms with Crippen LogP contribution < -0.4 is 5.30 Å². The van der Waals surface area contributed by atoms with E-state index in [1.165, 1.54) is 6.07 Å². The van der Waals surface area contributed by atoms with Gasteiger partial charge in [-0.2, -0.15) is 0 Å². The molecule has 0 aliphatic carbocycles. The Kier molecular flexibility index (Phi) is 5.04. The minimum Gasteiger partial charge on any atom is -0.507 e. The summed E-state index contributed by atoms with van der Waals surface area (Å²) in [5.74, 6) is 0.110. The van der Waals surface area contributed by atoms with Crippen molar-refractivity contribution < 1.29 is 9.67 Å². The minimum atomic E-state index is -2.59. The van der Waals surface area contributed by atoms with Gasteiger partial charge in [-0.15, -0.1) is 0 Å². The maximum Gasteiger partial charge on any atom is 0.124 e. The lowest BCUT2D eigenvalue weighted by Crippen LogP contribution is -2.21. The molecule has 0 aromatic heterocycles. The Morgan fingerprint density at radius 2 is 1.55 bits per heavy atom. The zero-order chi connectivity index (χ0) is 16.5. The summed E-state index contributed by atoms with van der Waals surface area (Å²) in [5.41, 5.74) is 1.58. The Balaban J connectivity index is 2.73. The van der Waals surface area contributed by atoms with Crippen LogP contribution >= 0.6 is 18.7 Å². The summed E-state index contributed by atoms with van der Waals surface area (Å²) in [7, 11) is -2.59. The van der Waals surface area contributed by atoms with Gasteiger partial charge in [0.15, 0.2) is 0 Å². The van der Waals surface area contributed by atoms with Crippen LogP contribution in [-0.2, 0) is 4.57 Å². The number of phenolic OH excluding ortho intramolecular Hbond substituents is 1. The maximum absolute atomic E-state index is 13.7. The van der Waals surface area contributed by atoms with E-state index in [4.69, 9.17) is 11.6 Å². The zero-order valence-electron chi connectivity index (χ0n) is 13.4. The fourth-order valence-electron chi connectivity index (χ4n) is 2.89. The Bertz CT molecular complexity index is 711. The van der Waals surface area contributed by atoms with E-state index in [0.717, 1.165) is 10.9 Å². The molecule has 22 heavy (non-hydrogen) atoms. The van der Waals surface area contributed by atoms with Crippen molar-refractivity contribution in [3.8, 4) is 16.9 Å². The van der Waals surface area contributed by atoms with Crippen LogP contribution in [0.4, 0.5) is 0 Å². The average Bonchev–Trinajstić information content (AvgIpc) is 2.46. The van der Waals surface area contributed by atoms with E-state index < -0.39 is 7.14 Å². The molecule has 0 bridgehead atoms. The van der Waals surface area contributed by atoms with Crippen LogP contribution in [-0.4, -0.2) is 16.4 Å². The lowest BCUT2D eigenvalue weighted by atomic mass is 10.0. The van der Waals surface area contributed by atoms with E-state index >= 15 is 0 Å².